The average Bonchev–Trinajstić information content (AvgIpc) is 2.41. The van der Waals surface area contributed by atoms with E-state index in [0.29, 0.717) is 23.9 Å². The van der Waals surface area contributed by atoms with E-state index in [1.165, 1.54) is 5.56 Å². The molecule has 1 N–H and O–H groups in total. The summed E-state index contributed by atoms with van der Waals surface area (Å²) < 4.78 is 0. The third-order valence-electron chi connectivity index (χ3n) is 4.29. The van der Waals surface area contributed by atoms with E-state index in [1.54, 1.807) is 6.20 Å². The maximum Gasteiger partial charge on any atom is 0.0634 e. The van der Waals surface area contributed by atoms with Crippen molar-refractivity contribution in [2.75, 3.05) is 13.1 Å². The minimum Gasteiger partial charge on any atom is -0.311 e. The summed E-state index contributed by atoms with van der Waals surface area (Å²) in [7, 11) is 0. The molecule has 0 radical (unpaired) electrons. The highest BCUT2D eigenvalue weighted by atomic mass is 35.5. The lowest BCUT2D eigenvalue weighted by molar-refractivity contribution is 0.0784. The molecule has 0 aromatic carbocycles. The molecule has 0 aliphatic carbocycles. The van der Waals surface area contributed by atoms with Gasteiger partial charge in [0.25, 0.3) is 0 Å². The van der Waals surface area contributed by atoms with Gasteiger partial charge in [-0.3, -0.25) is 9.88 Å². The first-order valence-corrected chi connectivity index (χ1v) is 7.92. The summed E-state index contributed by atoms with van der Waals surface area (Å²) in [5.74, 6) is 1.29. The predicted molar refractivity (Wildman–Crippen MR) is 84.9 cm³/mol. The van der Waals surface area contributed by atoms with Gasteiger partial charge in [-0.15, -0.1) is 0 Å². The van der Waals surface area contributed by atoms with Gasteiger partial charge in [-0.25, -0.2) is 0 Å². The SMILES string of the molecule is CC(C)C1CN(Cc2ccncc2Cl)C(C(C)C)CN1. The second-order valence-corrected chi connectivity index (χ2v) is 6.87. The number of rotatable bonds is 4. The second kappa shape index (κ2) is 6.88. The molecule has 2 rings (SSSR count). The van der Waals surface area contributed by atoms with Gasteiger partial charge in [0.2, 0.25) is 0 Å². The Morgan fingerprint density at radius 3 is 2.70 bits per heavy atom. The summed E-state index contributed by atoms with van der Waals surface area (Å²) in [4.78, 5) is 6.65. The molecule has 1 aromatic heterocycles. The summed E-state index contributed by atoms with van der Waals surface area (Å²) in [6, 6.07) is 3.16. The maximum atomic E-state index is 6.26. The lowest BCUT2D eigenvalue weighted by Gasteiger charge is -2.43. The molecule has 20 heavy (non-hydrogen) atoms. The van der Waals surface area contributed by atoms with Gasteiger partial charge in [0, 0.05) is 44.1 Å². The standard InChI is InChI=1S/C16H26ClN3/c1-11(2)15-10-20(16(8-19-15)12(3)4)9-13-5-6-18-7-14(13)17/h5-7,11-12,15-16,19H,8-10H2,1-4H3. The van der Waals surface area contributed by atoms with Crippen LogP contribution in [0.1, 0.15) is 33.3 Å². The Morgan fingerprint density at radius 1 is 1.35 bits per heavy atom. The molecule has 2 unspecified atom stereocenters. The highest BCUT2D eigenvalue weighted by Crippen LogP contribution is 2.23. The fourth-order valence-corrected chi connectivity index (χ4v) is 3.07. The van der Waals surface area contributed by atoms with Crippen molar-refractivity contribution in [2.45, 2.75) is 46.3 Å². The molecule has 1 saturated heterocycles. The minimum atomic E-state index is 0.561. The van der Waals surface area contributed by atoms with Crippen molar-refractivity contribution < 1.29 is 0 Å². The van der Waals surface area contributed by atoms with Crippen molar-refractivity contribution >= 4 is 11.6 Å². The molecule has 4 heteroatoms. The van der Waals surface area contributed by atoms with Crippen LogP contribution in [0.5, 0.6) is 0 Å². The normalized spacial score (nSPS) is 24.6. The highest BCUT2D eigenvalue weighted by Gasteiger charge is 2.31. The molecule has 1 aliphatic heterocycles. The van der Waals surface area contributed by atoms with Gasteiger partial charge in [0.15, 0.2) is 0 Å². The molecular formula is C16H26ClN3. The summed E-state index contributed by atoms with van der Waals surface area (Å²) >= 11 is 6.26. The first-order valence-electron chi connectivity index (χ1n) is 7.55. The van der Waals surface area contributed by atoms with Crippen LogP contribution in [0.2, 0.25) is 5.02 Å². The van der Waals surface area contributed by atoms with Crippen molar-refractivity contribution in [3.63, 3.8) is 0 Å². The van der Waals surface area contributed by atoms with Crippen LogP contribution in [0, 0.1) is 11.8 Å². The quantitative estimate of drug-likeness (QED) is 0.925. The summed E-state index contributed by atoms with van der Waals surface area (Å²) in [6.07, 6.45) is 3.57. The van der Waals surface area contributed by atoms with E-state index in [0.717, 1.165) is 24.7 Å². The van der Waals surface area contributed by atoms with E-state index < -0.39 is 0 Å². The lowest BCUT2D eigenvalue weighted by Crippen LogP contribution is -2.59. The number of hydrogen-bond acceptors (Lipinski definition) is 3. The lowest BCUT2D eigenvalue weighted by atomic mass is 9.94. The first kappa shape index (κ1) is 15.7. The summed E-state index contributed by atoms with van der Waals surface area (Å²) in [6.45, 7) is 12.2. The topological polar surface area (TPSA) is 28.2 Å². The van der Waals surface area contributed by atoms with Crippen molar-refractivity contribution in [2.24, 2.45) is 11.8 Å². The molecule has 3 nitrogen and oxygen atoms in total. The van der Waals surface area contributed by atoms with Crippen LogP contribution < -0.4 is 5.32 Å². The molecule has 0 spiro atoms. The van der Waals surface area contributed by atoms with Crippen LogP contribution in [0.15, 0.2) is 18.5 Å². The van der Waals surface area contributed by atoms with Gasteiger partial charge in [-0.2, -0.15) is 0 Å². The summed E-state index contributed by atoms with van der Waals surface area (Å²) in [5, 5.41) is 4.47. The number of piperazine rings is 1. The third-order valence-corrected chi connectivity index (χ3v) is 4.63. The van der Waals surface area contributed by atoms with E-state index >= 15 is 0 Å². The Hall–Kier alpha value is -0.640. The highest BCUT2D eigenvalue weighted by molar-refractivity contribution is 6.31. The number of aromatic nitrogens is 1. The van der Waals surface area contributed by atoms with Crippen molar-refractivity contribution in [1.29, 1.82) is 0 Å². The van der Waals surface area contributed by atoms with Crippen LogP contribution in [-0.2, 0) is 6.54 Å². The minimum absolute atomic E-state index is 0.561. The smallest absolute Gasteiger partial charge is 0.0634 e. The number of pyridine rings is 1. The van der Waals surface area contributed by atoms with E-state index in [9.17, 15) is 0 Å². The maximum absolute atomic E-state index is 6.26. The van der Waals surface area contributed by atoms with E-state index in [2.05, 4.69) is 42.9 Å². The Balaban J connectivity index is 2.13. The molecule has 0 bridgehead atoms. The Morgan fingerprint density at radius 2 is 2.10 bits per heavy atom. The number of hydrogen-bond donors (Lipinski definition) is 1. The fourth-order valence-electron chi connectivity index (χ4n) is 2.89. The number of nitrogens with zero attached hydrogens (tertiary/aromatic N) is 2. The van der Waals surface area contributed by atoms with Crippen LogP contribution in [-0.4, -0.2) is 35.1 Å². The van der Waals surface area contributed by atoms with Gasteiger partial charge in [-0.05, 0) is 23.5 Å². The van der Waals surface area contributed by atoms with Crippen LogP contribution >= 0.6 is 11.6 Å². The largest absolute Gasteiger partial charge is 0.311 e. The zero-order valence-corrected chi connectivity index (χ0v) is 13.7. The molecular weight excluding hydrogens is 270 g/mol. The average molecular weight is 296 g/mol. The summed E-state index contributed by atoms with van der Waals surface area (Å²) in [5.41, 5.74) is 1.18. The number of nitrogens with one attached hydrogen (secondary N) is 1. The van der Waals surface area contributed by atoms with Crippen molar-refractivity contribution in [1.82, 2.24) is 15.2 Å². The monoisotopic (exact) mass is 295 g/mol. The van der Waals surface area contributed by atoms with Crippen LogP contribution in [0.4, 0.5) is 0 Å². The van der Waals surface area contributed by atoms with Crippen LogP contribution in [0.3, 0.4) is 0 Å². The fraction of sp³-hybridized carbons (Fsp3) is 0.688. The van der Waals surface area contributed by atoms with Crippen molar-refractivity contribution in [3.05, 3.63) is 29.0 Å². The Kier molecular flexibility index (Phi) is 5.42. The van der Waals surface area contributed by atoms with E-state index in [4.69, 9.17) is 11.6 Å². The molecule has 2 heterocycles. The van der Waals surface area contributed by atoms with Gasteiger partial charge in [-0.1, -0.05) is 39.3 Å². The molecule has 112 valence electrons. The zero-order chi connectivity index (χ0) is 14.7. The number of halogens is 1. The molecule has 2 atom stereocenters. The Bertz CT molecular complexity index is 433. The molecule has 0 saturated carbocycles. The Labute approximate surface area is 127 Å². The van der Waals surface area contributed by atoms with Crippen LogP contribution in [0.25, 0.3) is 0 Å². The van der Waals surface area contributed by atoms with E-state index in [1.807, 2.05) is 12.3 Å². The van der Waals surface area contributed by atoms with Crippen molar-refractivity contribution in [3.8, 4) is 0 Å². The van der Waals surface area contributed by atoms with Gasteiger partial charge < -0.3 is 5.32 Å². The zero-order valence-electron chi connectivity index (χ0n) is 12.9. The van der Waals surface area contributed by atoms with Gasteiger partial charge in [0.1, 0.15) is 0 Å². The second-order valence-electron chi connectivity index (χ2n) is 6.47. The predicted octanol–water partition coefficient (Wildman–Crippen LogP) is 3.19. The molecule has 1 aromatic rings. The first-order chi connectivity index (χ1) is 9.49. The molecule has 1 aliphatic rings. The molecule has 0 amide bonds. The third kappa shape index (κ3) is 3.72. The van der Waals surface area contributed by atoms with Gasteiger partial charge >= 0.3 is 0 Å². The van der Waals surface area contributed by atoms with E-state index in [-0.39, 0.29) is 0 Å². The van der Waals surface area contributed by atoms with Gasteiger partial charge in [0.05, 0.1) is 5.02 Å². The molecule has 1 fully saturated rings.